The fraction of sp³-hybridized carbons (Fsp3) is 0.875. The third kappa shape index (κ3) is 6.01. The highest BCUT2D eigenvalue weighted by atomic mass is 16.5. The Balaban J connectivity index is 3.30. The summed E-state index contributed by atoms with van der Waals surface area (Å²) >= 11 is 0. The zero-order valence-corrected chi connectivity index (χ0v) is 7.17. The topological polar surface area (TPSA) is 46.5 Å². The first-order valence-electron chi connectivity index (χ1n) is 3.77. The molecule has 0 atom stereocenters. The highest BCUT2D eigenvalue weighted by Gasteiger charge is 2.15. The summed E-state index contributed by atoms with van der Waals surface area (Å²) in [6.45, 7) is 4.66. The molecule has 0 aliphatic heterocycles. The molecule has 0 spiro atoms. The molecule has 0 saturated heterocycles. The minimum Gasteiger partial charge on any atom is -0.394 e. The normalized spacial score (nSPS) is 11.5. The molecule has 0 aromatic heterocycles. The first-order valence-corrected chi connectivity index (χ1v) is 3.77. The van der Waals surface area contributed by atoms with Crippen molar-refractivity contribution < 1.29 is 14.6 Å². The summed E-state index contributed by atoms with van der Waals surface area (Å²) in [5.74, 6) is 0. The molecule has 3 nitrogen and oxygen atoms in total. The predicted molar refractivity (Wildman–Crippen MR) is 42.4 cm³/mol. The van der Waals surface area contributed by atoms with Crippen LogP contribution < -0.4 is 0 Å². The number of aliphatic hydroxyl groups excluding tert-OH is 1. The highest BCUT2D eigenvalue weighted by molar-refractivity contribution is 5.57. The molecular formula is C8H16O3. The smallest absolute Gasteiger partial charge is 0.125 e. The lowest BCUT2D eigenvalue weighted by molar-refractivity contribution is -0.115. The van der Waals surface area contributed by atoms with Crippen LogP contribution in [0, 0.1) is 5.41 Å². The van der Waals surface area contributed by atoms with Crippen LogP contribution in [0.4, 0.5) is 0 Å². The largest absolute Gasteiger partial charge is 0.394 e. The van der Waals surface area contributed by atoms with Crippen molar-refractivity contribution in [3.63, 3.8) is 0 Å². The Morgan fingerprint density at radius 2 is 2.09 bits per heavy atom. The van der Waals surface area contributed by atoms with Crippen LogP contribution in [0.5, 0.6) is 0 Å². The summed E-state index contributed by atoms with van der Waals surface area (Å²) in [6, 6.07) is 0. The molecule has 0 fully saturated rings. The quantitative estimate of drug-likeness (QED) is 0.457. The van der Waals surface area contributed by atoms with Crippen molar-refractivity contribution in [2.75, 3.05) is 19.8 Å². The lowest BCUT2D eigenvalue weighted by Gasteiger charge is -2.15. The Morgan fingerprint density at radius 3 is 2.55 bits per heavy atom. The van der Waals surface area contributed by atoms with Crippen molar-refractivity contribution in [2.45, 2.75) is 20.3 Å². The van der Waals surface area contributed by atoms with Crippen molar-refractivity contribution in [1.29, 1.82) is 0 Å². The molecule has 11 heavy (non-hydrogen) atoms. The van der Waals surface area contributed by atoms with Gasteiger partial charge < -0.3 is 14.6 Å². The van der Waals surface area contributed by atoms with Crippen LogP contribution in [0.2, 0.25) is 0 Å². The van der Waals surface area contributed by atoms with Crippen LogP contribution in [-0.4, -0.2) is 31.2 Å². The molecule has 0 aliphatic rings. The van der Waals surface area contributed by atoms with E-state index < -0.39 is 0 Å². The van der Waals surface area contributed by atoms with Gasteiger partial charge in [0.2, 0.25) is 0 Å². The van der Waals surface area contributed by atoms with Crippen LogP contribution in [0.15, 0.2) is 0 Å². The molecule has 0 saturated carbocycles. The number of aldehydes is 1. The molecule has 0 amide bonds. The van der Waals surface area contributed by atoms with Crippen molar-refractivity contribution in [2.24, 2.45) is 5.41 Å². The van der Waals surface area contributed by atoms with Gasteiger partial charge in [0.15, 0.2) is 0 Å². The lowest BCUT2D eigenvalue weighted by atomic mass is 9.92. The lowest BCUT2D eigenvalue weighted by Crippen LogP contribution is -2.16. The van der Waals surface area contributed by atoms with Gasteiger partial charge in [0.05, 0.1) is 13.2 Å². The molecule has 0 unspecified atom stereocenters. The second-order valence-corrected chi connectivity index (χ2v) is 3.19. The summed E-state index contributed by atoms with van der Waals surface area (Å²) < 4.78 is 5.01. The molecule has 0 heterocycles. The van der Waals surface area contributed by atoms with Gasteiger partial charge in [0, 0.05) is 12.0 Å². The minimum absolute atomic E-state index is 0.0432. The van der Waals surface area contributed by atoms with Crippen LogP contribution in [-0.2, 0) is 9.53 Å². The van der Waals surface area contributed by atoms with Crippen LogP contribution in [0.1, 0.15) is 20.3 Å². The Morgan fingerprint density at radius 1 is 1.45 bits per heavy atom. The van der Waals surface area contributed by atoms with E-state index in [1.165, 1.54) is 0 Å². The van der Waals surface area contributed by atoms with Crippen LogP contribution >= 0.6 is 0 Å². The average molecular weight is 160 g/mol. The predicted octanol–water partition coefficient (Wildman–Crippen LogP) is 0.611. The maximum absolute atomic E-state index is 10.4. The fourth-order valence-electron chi connectivity index (χ4n) is 0.561. The maximum atomic E-state index is 10.4. The van der Waals surface area contributed by atoms with Crippen molar-refractivity contribution in [3.05, 3.63) is 0 Å². The standard InChI is InChI=1S/C8H16O3/c1-8(2,7-10)3-5-11-6-4-9/h7,9H,3-6H2,1-2H3. The third-order valence-corrected chi connectivity index (χ3v) is 1.45. The van der Waals surface area contributed by atoms with Gasteiger partial charge in [-0.1, -0.05) is 13.8 Å². The summed E-state index contributed by atoms with van der Waals surface area (Å²) in [6.07, 6.45) is 1.63. The molecule has 3 heteroatoms. The molecule has 0 radical (unpaired) electrons. The molecule has 0 bridgehead atoms. The summed E-state index contributed by atoms with van der Waals surface area (Å²) in [5, 5.41) is 8.36. The van der Waals surface area contributed by atoms with Gasteiger partial charge in [-0.05, 0) is 6.42 Å². The monoisotopic (exact) mass is 160 g/mol. The summed E-state index contributed by atoms with van der Waals surface area (Å²) in [7, 11) is 0. The molecule has 0 aliphatic carbocycles. The maximum Gasteiger partial charge on any atom is 0.125 e. The zero-order chi connectivity index (χ0) is 8.74. The second kappa shape index (κ2) is 5.27. The van der Waals surface area contributed by atoms with E-state index >= 15 is 0 Å². The van der Waals surface area contributed by atoms with Gasteiger partial charge in [-0.25, -0.2) is 0 Å². The Hall–Kier alpha value is -0.410. The van der Waals surface area contributed by atoms with E-state index in [0.717, 1.165) is 6.29 Å². The zero-order valence-electron chi connectivity index (χ0n) is 7.17. The molecule has 66 valence electrons. The van der Waals surface area contributed by atoms with Crippen LogP contribution in [0.3, 0.4) is 0 Å². The number of hydrogen-bond donors (Lipinski definition) is 1. The number of hydrogen-bond acceptors (Lipinski definition) is 3. The van der Waals surface area contributed by atoms with Crippen molar-refractivity contribution in [1.82, 2.24) is 0 Å². The van der Waals surface area contributed by atoms with Crippen molar-refractivity contribution in [3.8, 4) is 0 Å². The minimum atomic E-state index is -0.296. The van der Waals surface area contributed by atoms with Gasteiger partial charge in [0.25, 0.3) is 0 Å². The van der Waals surface area contributed by atoms with Gasteiger partial charge in [-0.2, -0.15) is 0 Å². The molecule has 0 rings (SSSR count). The number of ether oxygens (including phenoxy) is 1. The fourth-order valence-corrected chi connectivity index (χ4v) is 0.561. The van der Waals surface area contributed by atoms with Crippen LogP contribution in [0.25, 0.3) is 0 Å². The van der Waals surface area contributed by atoms with E-state index in [4.69, 9.17) is 9.84 Å². The van der Waals surface area contributed by atoms with E-state index in [1.54, 1.807) is 0 Å². The first-order chi connectivity index (χ1) is 5.12. The van der Waals surface area contributed by atoms with Gasteiger partial charge >= 0.3 is 0 Å². The Kier molecular flexibility index (Phi) is 5.07. The van der Waals surface area contributed by atoms with E-state index in [0.29, 0.717) is 19.6 Å². The number of rotatable bonds is 6. The SMILES string of the molecule is CC(C)(C=O)CCOCCO. The van der Waals surface area contributed by atoms with Gasteiger partial charge in [0.1, 0.15) is 6.29 Å². The number of carbonyl (C=O) groups excluding carboxylic acids is 1. The first kappa shape index (κ1) is 10.6. The number of carbonyl (C=O) groups is 1. The summed E-state index contributed by atoms with van der Waals surface area (Å²) in [5.41, 5.74) is -0.296. The molecule has 1 N–H and O–H groups in total. The van der Waals surface area contributed by atoms with Crippen molar-refractivity contribution >= 4 is 6.29 Å². The van der Waals surface area contributed by atoms with Gasteiger partial charge in [-0.15, -0.1) is 0 Å². The third-order valence-electron chi connectivity index (χ3n) is 1.45. The highest BCUT2D eigenvalue weighted by Crippen LogP contribution is 2.15. The molecule has 0 aromatic rings. The molecular weight excluding hydrogens is 144 g/mol. The Bertz CT molecular complexity index is 110. The van der Waals surface area contributed by atoms with E-state index in [-0.39, 0.29) is 12.0 Å². The number of aliphatic hydroxyl groups is 1. The second-order valence-electron chi connectivity index (χ2n) is 3.19. The van der Waals surface area contributed by atoms with E-state index in [2.05, 4.69) is 0 Å². The van der Waals surface area contributed by atoms with E-state index in [1.807, 2.05) is 13.8 Å². The average Bonchev–Trinajstić information content (AvgIpc) is 1.99. The van der Waals surface area contributed by atoms with E-state index in [9.17, 15) is 4.79 Å². The molecule has 0 aromatic carbocycles. The summed E-state index contributed by atoms with van der Waals surface area (Å²) in [4.78, 5) is 10.4. The van der Waals surface area contributed by atoms with Gasteiger partial charge in [-0.3, -0.25) is 0 Å². The Labute approximate surface area is 67.4 Å².